The van der Waals surface area contributed by atoms with E-state index in [9.17, 15) is 0 Å². The second-order valence-electron chi connectivity index (χ2n) is 10.9. The average Bonchev–Trinajstić information content (AvgIpc) is 3.65. The number of hydrogen-bond donors (Lipinski definition) is 0. The highest BCUT2D eigenvalue weighted by molar-refractivity contribution is 6.19. The smallest absolute Gasteiger partial charge is 0.145 e. The highest BCUT2D eigenvalue weighted by Crippen LogP contribution is 2.45. The summed E-state index contributed by atoms with van der Waals surface area (Å²) in [5, 5.41) is 2.54. The van der Waals surface area contributed by atoms with Gasteiger partial charge in [-0.25, -0.2) is 4.98 Å². The van der Waals surface area contributed by atoms with Gasteiger partial charge in [-0.05, 0) is 74.5 Å². The molecule has 0 atom stereocenters. The van der Waals surface area contributed by atoms with E-state index in [1.165, 1.54) is 6.07 Å². The van der Waals surface area contributed by atoms with Gasteiger partial charge in [-0.15, -0.1) is 0 Å². The molecule has 0 unspecified atom stereocenters. The molecule has 0 fully saturated rings. The molecule has 9 aromatic rings. The third-order valence-electron chi connectivity index (χ3n) is 8.21. The van der Waals surface area contributed by atoms with E-state index in [4.69, 9.17) is 25.5 Å². The monoisotopic (exact) mass is 613 g/mol. The first kappa shape index (κ1) is 15.8. The van der Waals surface area contributed by atoms with Gasteiger partial charge in [-0.2, -0.15) is 0 Å². The molecule has 1 heterocycles. The molecule has 0 aliphatic rings. The van der Waals surface area contributed by atoms with Gasteiger partial charge in [0, 0.05) is 16.3 Å². The molecular formula is C45H30N2. The third kappa shape index (κ3) is 4.62. The van der Waals surface area contributed by atoms with Gasteiger partial charge in [0.15, 0.2) is 0 Å². The lowest BCUT2D eigenvalue weighted by Crippen LogP contribution is -2.01. The summed E-state index contributed by atoms with van der Waals surface area (Å²) in [6.07, 6.45) is 0. The summed E-state index contributed by atoms with van der Waals surface area (Å²) in [6.45, 7) is 0. The van der Waals surface area contributed by atoms with Crippen molar-refractivity contribution in [3.8, 4) is 50.5 Å². The molecule has 220 valence electrons. The van der Waals surface area contributed by atoms with Gasteiger partial charge in [-0.3, -0.25) is 4.57 Å². The molecule has 0 radical (unpaired) electrons. The van der Waals surface area contributed by atoms with Crippen molar-refractivity contribution in [3.05, 3.63) is 182 Å². The Morgan fingerprint density at radius 3 is 1.43 bits per heavy atom. The van der Waals surface area contributed by atoms with Gasteiger partial charge in [0.25, 0.3) is 0 Å². The van der Waals surface area contributed by atoms with Crippen LogP contribution in [-0.2, 0) is 0 Å². The van der Waals surface area contributed by atoms with E-state index in [1.807, 2.05) is 60.7 Å². The van der Waals surface area contributed by atoms with Crippen LogP contribution in [0.1, 0.15) is 20.6 Å². The molecule has 0 spiro atoms. The van der Waals surface area contributed by atoms with Gasteiger partial charge >= 0.3 is 0 Å². The molecule has 0 aliphatic heterocycles. The number of imidazole rings is 1. The van der Waals surface area contributed by atoms with Crippen LogP contribution in [0.2, 0.25) is 0 Å². The zero-order valence-corrected chi connectivity index (χ0v) is 24.6. The van der Waals surface area contributed by atoms with Crippen LogP contribution >= 0.6 is 0 Å². The summed E-state index contributed by atoms with van der Waals surface area (Å²) in [7, 11) is 0. The minimum absolute atomic E-state index is 0.0981. The molecule has 47 heavy (non-hydrogen) atoms. The molecule has 0 bridgehead atoms. The molecule has 0 N–H and O–H groups in total. The largest absolute Gasteiger partial charge is 0.291 e. The maximum atomic E-state index is 8.95. The van der Waals surface area contributed by atoms with E-state index >= 15 is 0 Å². The summed E-state index contributed by atoms with van der Waals surface area (Å²) in [4.78, 5) is 4.89. The van der Waals surface area contributed by atoms with Crippen LogP contribution in [0.3, 0.4) is 0 Å². The minimum atomic E-state index is -0.590. The van der Waals surface area contributed by atoms with E-state index in [0.29, 0.717) is 49.4 Å². The predicted molar refractivity (Wildman–Crippen MR) is 198 cm³/mol. The molecular weight excluding hydrogens is 569 g/mol. The maximum absolute atomic E-state index is 8.95. The number of rotatable bonds is 5. The standard InChI is InChI=1S/C45H30N2/c1-4-16-31(17-5-1)34-28-35(32-18-6-2-7-19-32)30-36(29-34)43-37-22-10-12-24-39(37)44(40-25-13-11-23-38(40)43)47-42-27-15-14-26-41(42)46-45(47)33-20-8-3-9-21-33/h1-30H/i1D,2D,3D,4D,5D,6D,7D,8D,9D,16D,17D,18D,19D,20D,21D. The molecule has 0 saturated heterocycles. The van der Waals surface area contributed by atoms with E-state index < -0.39 is 90.6 Å². The SMILES string of the molecule is [2H]c1c([2H])c([2H])c(-c2cc(-c3c([2H])c([2H])c([2H])c([2H])c3[2H])cc(-c3c4ccccc4c(-n4c(-c5c([2H])c([2H])c([2H])c([2H])c5[2H])nc5ccccc54)c4ccccc34)c2)c([2H])c1[2H]. The molecule has 9 rings (SSSR count). The van der Waals surface area contributed by atoms with E-state index in [1.54, 1.807) is 28.8 Å². The number of benzene rings is 8. The fraction of sp³-hybridized carbons (Fsp3) is 0. The Hall–Kier alpha value is -6.25. The first-order chi connectivity index (χ1) is 29.5. The minimum Gasteiger partial charge on any atom is -0.291 e. The lowest BCUT2D eigenvalue weighted by Gasteiger charge is -2.21. The van der Waals surface area contributed by atoms with Crippen LogP contribution in [0.15, 0.2) is 182 Å². The molecule has 0 aliphatic carbocycles. The van der Waals surface area contributed by atoms with Crippen molar-refractivity contribution >= 4 is 32.6 Å². The molecule has 0 saturated carbocycles. The fourth-order valence-electron chi connectivity index (χ4n) is 6.29. The molecule has 8 aromatic carbocycles. The van der Waals surface area contributed by atoms with Crippen molar-refractivity contribution < 1.29 is 20.6 Å². The molecule has 1 aromatic heterocycles. The van der Waals surface area contributed by atoms with Gasteiger partial charge in [0.1, 0.15) is 5.82 Å². The summed E-state index contributed by atoms with van der Waals surface area (Å²) in [5.41, 5.74) is 2.57. The Balaban J connectivity index is 1.45. The normalized spacial score (nSPS) is 15.9. The van der Waals surface area contributed by atoms with E-state index in [0.717, 1.165) is 0 Å². The lowest BCUT2D eigenvalue weighted by atomic mass is 9.87. The first-order valence-corrected chi connectivity index (χ1v) is 14.8. The summed E-state index contributed by atoms with van der Waals surface area (Å²) in [6, 6.07) is 18.9. The van der Waals surface area contributed by atoms with Crippen LogP contribution in [0.25, 0.3) is 83.0 Å². The fourth-order valence-corrected chi connectivity index (χ4v) is 6.29. The Morgan fingerprint density at radius 1 is 0.426 bits per heavy atom. The highest BCUT2D eigenvalue weighted by Gasteiger charge is 2.22. The van der Waals surface area contributed by atoms with Gasteiger partial charge in [0.2, 0.25) is 0 Å². The van der Waals surface area contributed by atoms with Crippen molar-refractivity contribution in [2.24, 2.45) is 0 Å². The molecule has 2 heteroatoms. The number of hydrogen-bond acceptors (Lipinski definition) is 1. The van der Waals surface area contributed by atoms with Crippen molar-refractivity contribution in [2.75, 3.05) is 0 Å². The average molecular weight is 614 g/mol. The van der Waals surface area contributed by atoms with Crippen LogP contribution < -0.4 is 0 Å². The number of nitrogens with zero attached hydrogens (tertiary/aromatic N) is 2. The lowest BCUT2D eigenvalue weighted by molar-refractivity contribution is 1.13. The Labute approximate surface area is 294 Å². The summed E-state index contributed by atoms with van der Waals surface area (Å²) >= 11 is 0. The second kappa shape index (κ2) is 11.3. The number of fused-ring (bicyclic) bond motifs is 3. The van der Waals surface area contributed by atoms with Crippen LogP contribution in [-0.4, -0.2) is 9.55 Å². The zero-order chi connectivity index (χ0) is 44.2. The van der Waals surface area contributed by atoms with Crippen molar-refractivity contribution in [2.45, 2.75) is 0 Å². The quantitative estimate of drug-likeness (QED) is 0.177. The topological polar surface area (TPSA) is 17.8 Å². The van der Waals surface area contributed by atoms with Crippen LogP contribution in [0.4, 0.5) is 0 Å². The zero-order valence-electron chi connectivity index (χ0n) is 39.6. The highest BCUT2D eigenvalue weighted by atomic mass is 15.1. The van der Waals surface area contributed by atoms with Crippen LogP contribution in [0, 0.1) is 0 Å². The second-order valence-corrected chi connectivity index (χ2v) is 10.9. The Morgan fingerprint density at radius 2 is 0.872 bits per heavy atom. The van der Waals surface area contributed by atoms with Crippen molar-refractivity contribution in [1.82, 2.24) is 9.55 Å². The summed E-state index contributed by atoms with van der Waals surface area (Å²) in [5.74, 6) is 0.109. The van der Waals surface area contributed by atoms with E-state index in [2.05, 4.69) is 0 Å². The Bertz CT molecular complexity index is 3200. The van der Waals surface area contributed by atoms with Gasteiger partial charge in [0.05, 0.1) is 37.3 Å². The predicted octanol–water partition coefficient (Wildman–Crippen LogP) is 12.0. The Kier molecular flexibility index (Phi) is 3.80. The molecule has 0 amide bonds. The van der Waals surface area contributed by atoms with Crippen molar-refractivity contribution in [3.63, 3.8) is 0 Å². The number of para-hydroxylation sites is 2. The molecule has 2 nitrogen and oxygen atoms in total. The number of aromatic nitrogens is 2. The first-order valence-electron chi connectivity index (χ1n) is 22.3. The third-order valence-corrected chi connectivity index (χ3v) is 8.21. The summed E-state index contributed by atoms with van der Waals surface area (Å²) < 4.78 is 131. The van der Waals surface area contributed by atoms with Crippen molar-refractivity contribution in [1.29, 1.82) is 0 Å². The van der Waals surface area contributed by atoms with Gasteiger partial charge < -0.3 is 0 Å². The van der Waals surface area contributed by atoms with E-state index in [-0.39, 0.29) is 33.6 Å². The maximum Gasteiger partial charge on any atom is 0.145 e. The van der Waals surface area contributed by atoms with Gasteiger partial charge in [-0.1, -0.05) is 151 Å². The van der Waals surface area contributed by atoms with Crippen LogP contribution in [0.5, 0.6) is 0 Å².